The van der Waals surface area contributed by atoms with E-state index in [9.17, 15) is 22.8 Å². The number of rotatable bonds is 5. The van der Waals surface area contributed by atoms with Gasteiger partial charge in [-0.1, -0.05) is 35.5 Å². The topological polar surface area (TPSA) is 84.2 Å². The number of amides is 2. The van der Waals surface area contributed by atoms with E-state index < -0.39 is 11.7 Å². The van der Waals surface area contributed by atoms with Gasteiger partial charge in [-0.15, -0.1) is 0 Å². The summed E-state index contributed by atoms with van der Waals surface area (Å²) in [7, 11) is 0. The highest BCUT2D eigenvalue weighted by atomic mass is 19.4. The van der Waals surface area contributed by atoms with Crippen LogP contribution in [0, 0.1) is 6.92 Å². The Kier molecular flexibility index (Phi) is 6.29. The van der Waals surface area contributed by atoms with Crippen molar-refractivity contribution in [2.24, 2.45) is 0 Å². The minimum atomic E-state index is -4.43. The zero-order valence-electron chi connectivity index (χ0n) is 19.7. The molecule has 2 amide bonds. The zero-order chi connectivity index (χ0) is 26.2. The summed E-state index contributed by atoms with van der Waals surface area (Å²) in [5.74, 6) is -0.559. The number of carbonyl (C=O) groups excluding carboxylic acids is 2. The molecule has 6 nitrogen and oxygen atoms in total. The van der Waals surface area contributed by atoms with Gasteiger partial charge in [-0.2, -0.15) is 13.2 Å². The maximum absolute atomic E-state index is 13.3. The van der Waals surface area contributed by atoms with Gasteiger partial charge in [-0.25, -0.2) is 0 Å². The number of nitrogens with zero attached hydrogens (tertiary/aromatic N) is 1. The molecule has 5 rings (SSSR count). The summed E-state index contributed by atoms with van der Waals surface area (Å²) in [4.78, 5) is 25.5. The highest BCUT2D eigenvalue weighted by Crippen LogP contribution is 2.34. The molecule has 0 fully saturated rings. The monoisotopic (exact) mass is 505 g/mol. The van der Waals surface area contributed by atoms with E-state index in [1.54, 1.807) is 18.2 Å². The fourth-order valence-electron chi connectivity index (χ4n) is 4.65. The van der Waals surface area contributed by atoms with Crippen molar-refractivity contribution in [1.82, 2.24) is 10.5 Å². The molecule has 0 aliphatic heterocycles. The van der Waals surface area contributed by atoms with Crippen LogP contribution in [-0.4, -0.2) is 23.0 Å². The summed E-state index contributed by atoms with van der Waals surface area (Å²) < 4.78 is 43.9. The second-order valence-electron chi connectivity index (χ2n) is 8.97. The molecule has 1 heterocycles. The number of aryl methyl sites for hydroxylation is 1. The third-order valence-electron chi connectivity index (χ3n) is 6.41. The second kappa shape index (κ2) is 9.57. The maximum Gasteiger partial charge on any atom is 0.416 e. The second-order valence-corrected chi connectivity index (χ2v) is 8.97. The lowest BCUT2D eigenvalue weighted by atomic mass is 9.93. The number of hydrogen-bond donors (Lipinski definition) is 2. The summed E-state index contributed by atoms with van der Waals surface area (Å²) in [6.07, 6.45) is -1.78. The highest BCUT2D eigenvalue weighted by Gasteiger charge is 2.30. The number of benzene rings is 3. The van der Waals surface area contributed by atoms with Crippen molar-refractivity contribution in [1.29, 1.82) is 0 Å². The minimum absolute atomic E-state index is 0.110. The van der Waals surface area contributed by atoms with Crippen LogP contribution >= 0.6 is 0 Å². The number of nitrogens with one attached hydrogen (secondary N) is 2. The van der Waals surface area contributed by atoms with Crippen molar-refractivity contribution < 1.29 is 27.3 Å². The number of alkyl halides is 3. The highest BCUT2D eigenvalue weighted by molar-refractivity contribution is 6.09. The van der Waals surface area contributed by atoms with Crippen LogP contribution in [0.3, 0.4) is 0 Å². The smallest absolute Gasteiger partial charge is 0.351 e. The first-order chi connectivity index (χ1) is 17.7. The van der Waals surface area contributed by atoms with Crippen molar-refractivity contribution >= 4 is 17.5 Å². The number of aromatic nitrogens is 1. The van der Waals surface area contributed by atoms with Crippen molar-refractivity contribution in [2.75, 3.05) is 5.32 Å². The van der Waals surface area contributed by atoms with Crippen LogP contribution in [-0.2, 0) is 19.0 Å². The zero-order valence-corrected chi connectivity index (χ0v) is 19.7. The summed E-state index contributed by atoms with van der Waals surface area (Å²) in [6.45, 7) is 1.81. The molecule has 0 saturated carbocycles. The molecule has 0 saturated heterocycles. The van der Waals surface area contributed by atoms with Crippen LogP contribution in [0.2, 0.25) is 0 Å². The van der Waals surface area contributed by atoms with E-state index >= 15 is 0 Å². The molecule has 0 radical (unpaired) electrons. The van der Waals surface area contributed by atoms with Crippen LogP contribution < -0.4 is 10.6 Å². The molecule has 1 atom stereocenters. The van der Waals surface area contributed by atoms with E-state index in [4.69, 9.17) is 4.52 Å². The number of carbonyl (C=O) groups is 2. The fraction of sp³-hybridized carbons (Fsp3) is 0.179. The molecule has 37 heavy (non-hydrogen) atoms. The molecular weight excluding hydrogens is 483 g/mol. The third kappa shape index (κ3) is 5.11. The van der Waals surface area contributed by atoms with Crippen molar-refractivity contribution in [3.8, 4) is 11.1 Å². The lowest BCUT2D eigenvalue weighted by molar-refractivity contribution is -0.137. The van der Waals surface area contributed by atoms with Gasteiger partial charge in [0, 0.05) is 23.4 Å². The van der Waals surface area contributed by atoms with Crippen LogP contribution in [0.15, 0.2) is 77.4 Å². The number of anilines is 1. The van der Waals surface area contributed by atoms with E-state index in [0.29, 0.717) is 35.2 Å². The summed E-state index contributed by atoms with van der Waals surface area (Å²) in [6, 6.07) is 17.0. The van der Waals surface area contributed by atoms with E-state index in [0.717, 1.165) is 28.8 Å². The summed E-state index contributed by atoms with van der Waals surface area (Å²) in [5.41, 5.74) is 4.15. The summed E-state index contributed by atoms with van der Waals surface area (Å²) in [5, 5.41) is 9.38. The number of hydrogen-bond acceptors (Lipinski definition) is 4. The fourth-order valence-corrected chi connectivity index (χ4v) is 4.65. The van der Waals surface area contributed by atoms with E-state index in [1.165, 1.54) is 24.4 Å². The largest absolute Gasteiger partial charge is 0.416 e. The van der Waals surface area contributed by atoms with Crippen molar-refractivity contribution in [3.63, 3.8) is 0 Å². The molecule has 2 N–H and O–H groups in total. The Bertz CT molecular complexity index is 1460. The van der Waals surface area contributed by atoms with Gasteiger partial charge >= 0.3 is 6.18 Å². The average molecular weight is 505 g/mol. The van der Waals surface area contributed by atoms with Gasteiger partial charge in [0.1, 0.15) is 0 Å². The predicted molar refractivity (Wildman–Crippen MR) is 131 cm³/mol. The molecule has 0 bridgehead atoms. The van der Waals surface area contributed by atoms with Gasteiger partial charge in [-0.05, 0) is 77.9 Å². The van der Waals surface area contributed by atoms with Crippen LogP contribution in [0.25, 0.3) is 11.1 Å². The lowest BCUT2D eigenvalue weighted by Gasteiger charge is -2.15. The Morgan fingerprint density at radius 2 is 1.70 bits per heavy atom. The first-order valence-corrected chi connectivity index (χ1v) is 11.6. The van der Waals surface area contributed by atoms with Crippen LogP contribution in [0.5, 0.6) is 0 Å². The van der Waals surface area contributed by atoms with Gasteiger partial charge < -0.3 is 15.2 Å². The van der Waals surface area contributed by atoms with E-state index in [-0.39, 0.29) is 23.6 Å². The van der Waals surface area contributed by atoms with E-state index in [1.807, 2.05) is 25.1 Å². The van der Waals surface area contributed by atoms with Gasteiger partial charge in [0.25, 0.3) is 11.8 Å². The molecule has 1 aliphatic rings. The van der Waals surface area contributed by atoms with Gasteiger partial charge in [0.15, 0.2) is 0 Å². The Hall–Kier alpha value is -4.40. The summed E-state index contributed by atoms with van der Waals surface area (Å²) >= 11 is 0. The quantitative estimate of drug-likeness (QED) is 0.358. The van der Waals surface area contributed by atoms with Gasteiger partial charge in [0.2, 0.25) is 5.76 Å². The third-order valence-corrected chi connectivity index (χ3v) is 6.41. The normalized spacial score (nSPS) is 14.8. The molecule has 4 aromatic rings. The Balaban J connectivity index is 1.33. The molecular formula is C28H22F3N3O3. The number of fused-ring (bicyclic) bond motifs is 1. The predicted octanol–water partition coefficient (Wildman–Crippen LogP) is 5.82. The first kappa shape index (κ1) is 24.3. The Labute approximate surface area is 210 Å². The molecule has 9 heteroatoms. The number of halogens is 3. The van der Waals surface area contributed by atoms with E-state index in [2.05, 4.69) is 15.8 Å². The Morgan fingerprint density at radius 1 is 0.946 bits per heavy atom. The average Bonchev–Trinajstić information content (AvgIpc) is 3.53. The molecule has 3 aromatic carbocycles. The van der Waals surface area contributed by atoms with Crippen molar-refractivity contribution in [3.05, 3.63) is 107 Å². The van der Waals surface area contributed by atoms with Gasteiger partial charge in [-0.3, -0.25) is 9.59 Å². The molecule has 188 valence electrons. The lowest BCUT2D eigenvalue weighted by Crippen LogP contribution is -2.35. The standard InChI is InChI=1S/C28H22F3N3O3/c1-16-3-2-4-23(25(16)17-5-8-20(9-6-17)28(29,30)31)26(35)33-21-10-7-18-13-22(15-19(18)14-21)34-27(36)24-11-12-32-37-24/h2-12,14,22H,13,15H2,1H3,(H,33,35)(H,34,36). The van der Waals surface area contributed by atoms with Crippen molar-refractivity contribution in [2.45, 2.75) is 32.0 Å². The Morgan fingerprint density at radius 3 is 2.41 bits per heavy atom. The SMILES string of the molecule is Cc1cccc(C(=O)Nc2ccc3c(c2)CC(NC(=O)c2ccno2)C3)c1-c1ccc(C(F)(F)F)cc1. The molecule has 0 spiro atoms. The molecule has 1 aromatic heterocycles. The van der Waals surface area contributed by atoms with Crippen LogP contribution in [0.4, 0.5) is 18.9 Å². The minimum Gasteiger partial charge on any atom is -0.351 e. The van der Waals surface area contributed by atoms with Gasteiger partial charge in [0.05, 0.1) is 11.8 Å². The molecule has 1 unspecified atom stereocenters. The molecule has 1 aliphatic carbocycles. The first-order valence-electron chi connectivity index (χ1n) is 11.6. The maximum atomic E-state index is 13.3. The van der Waals surface area contributed by atoms with Crippen LogP contribution in [0.1, 0.15) is 43.2 Å².